The van der Waals surface area contributed by atoms with E-state index >= 15 is 0 Å². The molecule has 1 aromatic heterocycles. The zero-order valence-electron chi connectivity index (χ0n) is 24.1. The SMILES string of the molecule is c1cc2sc(C3CCCCCCCCCCCCCC3)nc2cc1C1CCCCCCCCCCCC1. The zero-order valence-corrected chi connectivity index (χ0v) is 24.9. The number of aromatic nitrogens is 1. The number of hydrogen-bond acceptors (Lipinski definition) is 2. The lowest BCUT2D eigenvalue weighted by molar-refractivity contribution is 0.492. The van der Waals surface area contributed by atoms with Crippen molar-refractivity contribution in [2.75, 3.05) is 0 Å². The minimum absolute atomic E-state index is 0.691. The fourth-order valence-corrected chi connectivity index (χ4v) is 8.12. The van der Waals surface area contributed by atoms with E-state index in [1.807, 2.05) is 11.3 Å². The molecule has 0 bridgehead atoms. The summed E-state index contributed by atoms with van der Waals surface area (Å²) in [5.74, 6) is 1.44. The molecule has 2 aliphatic carbocycles. The summed E-state index contributed by atoms with van der Waals surface area (Å²) in [6.45, 7) is 0. The molecule has 1 aromatic carbocycles. The third kappa shape index (κ3) is 10.7. The van der Waals surface area contributed by atoms with Crippen LogP contribution in [0.3, 0.4) is 0 Å². The molecule has 0 radical (unpaired) electrons. The molecule has 0 spiro atoms. The number of benzene rings is 1. The van der Waals surface area contributed by atoms with E-state index < -0.39 is 0 Å². The summed E-state index contributed by atoms with van der Waals surface area (Å²) in [6.07, 6.45) is 37.2. The minimum atomic E-state index is 0.691. The van der Waals surface area contributed by atoms with Crippen LogP contribution in [0.25, 0.3) is 10.2 Å². The van der Waals surface area contributed by atoms with E-state index in [4.69, 9.17) is 4.98 Å². The van der Waals surface area contributed by atoms with Crippen molar-refractivity contribution in [3.05, 3.63) is 28.8 Å². The second-order valence-corrected chi connectivity index (χ2v) is 13.7. The molecule has 0 aliphatic heterocycles. The van der Waals surface area contributed by atoms with Gasteiger partial charge >= 0.3 is 0 Å². The van der Waals surface area contributed by atoms with Crippen molar-refractivity contribution in [3.63, 3.8) is 0 Å². The highest BCUT2D eigenvalue weighted by Crippen LogP contribution is 2.37. The van der Waals surface area contributed by atoms with Gasteiger partial charge in [0, 0.05) is 5.92 Å². The van der Waals surface area contributed by atoms with Gasteiger partial charge in [-0.05, 0) is 49.3 Å². The van der Waals surface area contributed by atoms with Crippen LogP contribution >= 0.6 is 11.3 Å². The predicted molar refractivity (Wildman–Crippen MR) is 165 cm³/mol. The molecule has 0 N–H and O–H groups in total. The largest absolute Gasteiger partial charge is 0.241 e. The van der Waals surface area contributed by atoms with Crippen LogP contribution in [-0.4, -0.2) is 4.98 Å². The Morgan fingerprint density at radius 3 is 1.27 bits per heavy atom. The van der Waals surface area contributed by atoms with Gasteiger partial charge in [0.1, 0.15) is 0 Å². The molecule has 2 aromatic rings. The third-order valence-electron chi connectivity index (χ3n) is 9.46. The summed E-state index contributed by atoms with van der Waals surface area (Å²) in [5.41, 5.74) is 2.89. The van der Waals surface area contributed by atoms with Crippen LogP contribution in [0.5, 0.6) is 0 Å². The molecule has 2 heteroatoms. The van der Waals surface area contributed by atoms with Crippen LogP contribution in [0.4, 0.5) is 0 Å². The molecule has 2 saturated carbocycles. The van der Waals surface area contributed by atoms with Crippen molar-refractivity contribution in [2.45, 2.75) is 179 Å². The van der Waals surface area contributed by atoms with Gasteiger partial charge in [0.15, 0.2) is 0 Å². The number of nitrogens with zero attached hydrogens (tertiary/aromatic N) is 1. The zero-order chi connectivity index (χ0) is 25.4. The Bertz CT molecular complexity index is 824. The quantitative estimate of drug-likeness (QED) is 0.381. The highest BCUT2D eigenvalue weighted by molar-refractivity contribution is 7.18. The maximum Gasteiger partial charge on any atom is 0.0969 e. The maximum absolute atomic E-state index is 5.34. The normalized spacial score (nSPS) is 22.8. The first-order chi connectivity index (χ1) is 18.4. The lowest BCUT2D eigenvalue weighted by atomic mass is 9.88. The average molecular weight is 524 g/mol. The maximum atomic E-state index is 5.34. The lowest BCUT2D eigenvalue weighted by Gasteiger charge is -2.17. The highest BCUT2D eigenvalue weighted by atomic mass is 32.1. The van der Waals surface area contributed by atoms with E-state index in [0.29, 0.717) is 5.92 Å². The second kappa shape index (κ2) is 17.6. The van der Waals surface area contributed by atoms with E-state index in [-0.39, 0.29) is 0 Å². The van der Waals surface area contributed by atoms with Gasteiger partial charge in [-0.1, -0.05) is 147 Å². The van der Waals surface area contributed by atoms with Crippen LogP contribution in [0.1, 0.15) is 189 Å². The third-order valence-corrected chi connectivity index (χ3v) is 10.7. The molecular weight excluding hydrogens is 466 g/mol. The first-order valence-corrected chi connectivity index (χ1v) is 17.6. The monoisotopic (exact) mass is 523 g/mol. The van der Waals surface area contributed by atoms with E-state index in [1.165, 1.54) is 182 Å². The average Bonchev–Trinajstić information content (AvgIpc) is 3.34. The van der Waals surface area contributed by atoms with Crippen LogP contribution in [-0.2, 0) is 0 Å². The lowest BCUT2D eigenvalue weighted by Crippen LogP contribution is -2.00. The van der Waals surface area contributed by atoms with Crippen molar-refractivity contribution in [1.29, 1.82) is 0 Å². The Morgan fingerprint density at radius 2 is 0.838 bits per heavy atom. The first kappa shape index (κ1) is 29.1. The summed E-state index contributed by atoms with van der Waals surface area (Å²) in [7, 11) is 0. The van der Waals surface area contributed by atoms with Gasteiger partial charge in [0.05, 0.1) is 15.2 Å². The minimum Gasteiger partial charge on any atom is -0.241 e. The molecule has 37 heavy (non-hydrogen) atoms. The summed E-state index contributed by atoms with van der Waals surface area (Å²) in [4.78, 5) is 5.34. The second-order valence-electron chi connectivity index (χ2n) is 12.6. The van der Waals surface area contributed by atoms with Crippen molar-refractivity contribution in [1.82, 2.24) is 4.98 Å². The number of fused-ring (bicyclic) bond motifs is 1. The Balaban J connectivity index is 1.41. The topological polar surface area (TPSA) is 12.9 Å². The Morgan fingerprint density at radius 1 is 0.459 bits per heavy atom. The Kier molecular flexibility index (Phi) is 13.9. The van der Waals surface area contributed by atoms with Crippen LogP contribution in [0.15, 0.2) is 18.2 Å². The molecule has 4 rings (SSSR count). The molecular formula is C35H57NS. The highest BCUT2D eigenvalue weighted by Gasteiger charge is 2.18. The predicted octanol–water partition coefficient (Wildman–Crippen LogP) is 12.6. The fraction of sp³-hybridized carbons (Fsp3) is 0.800. The fourth-order valence-electron chi connectivity index (χ4n) is 7.00. The van der Waals surface area contributed by atoms with Gasteiger partial charge < -0.3 is 0 Å². The van der Waals surface area contributed by atoms with Crippen molar-refractivity contribution < 1.29 is 0 Å². The smallest absolute Gasteiger partial charge is 0.0969 e. The summed E-state index contributed by atoms with van der Waals surface area (Å²) in [6, 6.07) is 7.41. The van der Waals surface area contributed by atoms with Gasteiger partial charge in [0.2, 0.25) is 0 Å². The summed E-state index contributed by atoms with van der Waals surface area (Å²) >= 11 is 2.02. The van der Waals surface area contributed by atoms with Gasteiger partial charge in [0.25, 0.3) is 0 Å². The Hall–Kier alpha value is -0.890. The van der Waals surface area contributed by atoms with Gasteiger partial charge in [-0.2, -0.15) is 0 Å². The number of thiazole rings is 1. The molecule has 1 heterocycles. The molecule has 2 aliphatic rings. The van der Waals surface area contributed by atoms with E-state index in [0.717, 1.165) is 5.92 Å². The van der Waals surface area contributed by atoms with Crippen molar-refractivity contribution in [3.8, 4) is 0 Å². The molecule has 0 amide bonds. The molecule has 208 valence electrons. The molecule has 0 unspecified atom stereocenters. The van der Waals surface area contributed by atoms with Crippen molar-refractivity contribution in [2.24, 2.45) is 0 Å². The van der Waals surface area contributed by atoms with Crippen LogP contribution in [0, 0.1) is 0 Å². The van der Waals surface area contributed by atoms with Crippen molar-refractivity contribution >= 4 is 21.6 Å². The molecule has 0 atom stereocenters. The summed E-state index contributed by atoms with van der Waals surface area (Å²) in [5, 5.41) is 1.45. The Labute approximate surface area is 233 Å². The van der Waals surface area contributed by atoms with Gasteiger partial charge in [-0.3, -0.25) is 0 Å². The summed E-state index contributed by atoms with van der Waals surface area (Å²) < 4.78 is 1.43. The molecule has 1 nitrogen and oxygen atoms in total. The van der Waals surface area contributed by atoms with E-state index in [9.17, 15) is 0 Å². The van der Waals surface area contributed by atoms with Crippen LogP contribution < -0.4 is 0 Å². The number of hydrogen-bond donors (Lipinski definition) is 0. The number of rotatable bonds is 2. The first-order valence-electron chi connectivity index (χ1n) is 16.8. The van der Waals surface area contributed by atoms with E-state index in [2.05, 4.69) is 18.2 Å². The standard InChI is InChI=1S/C35H57NS/c1-2-4-10-14-18-22-26-31(25-21-17-13-9-3-1)35-36-33-29-32(27-28-34(33)37-35)30-23-19-15-11-7-5-6-8-12-16-20-24-30/h27-31H,1-26H2. The van der Waals surface area contributed by atoms with E-state index in [1.54, 1.807) is 5.56 Å². The van der Waals surface area contributed by atoms with Crippen LogP contribution in [0.2, 0.25) is 0 Å². The molecule has 2 fully saturated rings. The molecule has 0 saturated heterocycles. The van der Waals surface area contributed by atoms with Gasteiger partial charge in [-0.15, -0.1) is 11.3 Å². The van der Waals surface area contributed by atoms with Gasteiger partial charge in [-0.25, -0.2) is 4.98 Å².